The molecular weight excluding hydrogens is 346 g/mol. The molecule has 1 amide bonds. The lowest BCUT2D eigenvalue weighted by atomic mass is 9.98. The van der Waals surface area contributed by atoms with Crippen molar-refractivity contribution in [2.24, 2.45) is 0 Å². The number of benzene rings is 4. The minimum absolute atomic E-state index is 0.0264. The van der Waals surface area contributed by atoms with Crippen molar-refractivity contribution in [1.29, 1.82) is 0 Å². The van der Waals surface area contributed by atoms with Crippen LogP contribution in [0.3, 0.4) is 0 Å². The summed E-state index contributed by atoms with van der Waals surface area (Å²) in [6, 6.07) is 28.1. The molecular formula is C25H23NO2. The predicted octanol–water partition coefficient (Wildman–Crippen LogP) is 4.78. The minimum Gasteiger partial charge on any atom is -0.388 e. The van der Waals surface area contributed by atoms with Gasteiger partial charge in [0.1, 0.15) is 0 Å². The Morgan fingerprint density at radius 2 is 1.39 bits per heavy atom. The molecule has 0 heterocycles. The van der Waals surface area contributed by atoms with Crippen LogP contribution in [-0.4, -0.2) is 17.6 Å². The van der Waals surface area contributed by atoms with Crippen molar-refractivity contribution in [1.82, 2.24) is 5.32 Å². The Kier molecular flexibility index (Phi) is 5.36. The molecule has 0 saturated carbocycles. The van der Waals surface area contributed by atoms with Crippen LogP contribution in [0.5, 0.6) is 0 Å². The Labute approximate surface area is 164 Å². The summed E-state index contributed by atoms with van der Waals surface area (Å²) in [6.45, 7) is 0.438. The number of fused-ring (bicyclic) bond motifs is 2. The average molecular weight is 369 g/mol. The van der Waals surface area contributed by atoms with Gasteiger partial charge in [-0.3, -0.25) is 4.79 Å². The van der Waals surface area contributed by atoms with E-state index < -0.39 is 6.10 Å². The predicted molar refractivity (Wildman–Crippen MR) is 114 cm³/mol. The van der Waals surface area contributed by atoms with Crippen molar-refractivity contribution in [3.63, 3.8) is 0 Å². The van der Waals surface area contributed by atoms with Crippen LogP contribution < -0.4 is 5.32 Å². The molecule has 3 heteroatoms. The van der Waals surface area contributed by atoms with Crippen LogP contribution >= 0.6 is 0 Å². The highest BCUT2D eigenvalue weighted by molar-refractivity contribution is 5.90. The third-order valence-electron chi connectivity index (χ3n) is 5.15. The number of amides is 1. The summed E-state index contributed by atoms with van der Waals surface area (Å²) in [5.41, 5.74) is 1.92. The number of hydrogen-bond donors (Lipinski definition) is 2. The normalized spacial score (nSPS) is 12.2. The Morgan fingerprint density at radius 1 is 0.786 bits per heavy atom. The fourth-order valence-electron chi connectivity index (χ4n) is 3.73. The molecule has 4 rings (SSSR count). The fourth-order valence-corrected chi connectivity index (χ4v) is 3.73. The van der Waals surface area contributed by atoms with Crippen molar-refractivity contribution in [2.75, 3.05) is 6.54 Å². The molecule has 0 fully saturated rings. The number of rotatable bonds is 6. The minimum atomic E-state index is -0.607. The van der Waals surface area contributed by atoms with E-state index in [1.807, 2.05) is 72.8 Å². The molecule has 0 aliphatic carbocycles. The second-order valence-electron chi connectivity index (χ2n) is 7.04. The van der Waals surface area contributed by atoms with Gasteiger partial charge in [0.15, 0.2) is 0 Å². The first-order chi connectivity index (χ1) is 13.7. The third-order valence-corrected chi connectivity index (χ3v) is 5.15. The molecule has 0 spiro atoms. The number of nitrogens with one attached hydrogen (secondary N) is 1. The molecule has 0 saturated heterocycles. The average Bonchev–Trinajstić information content (AvgIpc) is 2.73. The summed E-state index contributed by atoms with van der Waals surface area (Å²) >= 11 is 0. The number of aliphatic hydroxyl groups is 1. The Bertz CT molecular complexity index is 1110. The van der Waals surface area contributed by atoms with Crippen LogP contribution in [0.4, 0.5) is 0 Å². The zero-order valence-corrected chi connectivity index (χ0v) is 15.6. The van der Waals surface area contributed by atoms with Gasteiger partial charge in [-0.15, -0.1) is 0 Å². The van der Waals surface area contributed by atoms with Crippen LogP contribution in [0.2, 0.25) is 0 Å². The van der Waals surface area contributed by atoms with Gasteiger partial charge in [-0.05, 0) is 39.1 Å². The molecule has 0 aliphatic heterocycles. The molecule has 4 aromatic rings. The quantitative estimate of drug-likeness (QED) is 0.514. The number of hydrogen-bond acceptors (Lipinski definition) is 2. The molecule has 3 nitrogen and oxygen atoms in total. The summed E-state index contributed by atoms with van der Waals surface area (Å²) in [6.07, 6.45) is 0.213. The Morgan fingerprint density at radius 3 is 2.18 bits per heavy atom. The van der Waals surface area contributed by atoms with E-state index in [1.165, 1.54) is 0 Å². The molecule has 140 valence electrons. The first-order valence-corrected chi connectivity index (χ1v) is 9.61. The molecule has 1 atom stereocenters. The van der Waals surface area contributed by atoms with Gasteiger partial charge >= 0.3 is 0 Å². The maximum atomic E-state index is 12.4. The van der Waals surface area contributed by atoms with Crippen LogP contribution in [0.1, 0.15) is 23.7 Å². The van der Waals surface area contributed by atoms with Crippen molar-refractivity contribution in [2.45, 2.75) is 18.9 Å². The standard InChI is InChI=1S/C25H23NO2/c27-24(23-14-6-10-19-8-2-4-13-22(19)23)15-16-26-25(28)17-20-11-5-9-18-7-1-3-12-21(18)20/h1-14,24,27H,15-17H2,(H,26,28). The molecule has 0 aromatic heterocycles. The van der Waals surface area contributed by atoms with E-state index >= 15 is 0 Å². The molecule has 0 radical (unpaired) electrons. The Balaban J connectivity index is 1.37. The summed E-state index contributed by atoms with van der Waals surface area (Å²) in [5.74, 6) is -0.0264. The smallest absolute Gasteiger partial charge is 0.224 e. The summed E-state index contributed by atoms with van der Waals surface area (Å²) in [7, 11) is 0. The van der Waals surface area contributed by atoms with E-state index in [0.29, 0.717) is 19.4 Å². The number of aliphatic hydroxyl groups excluding tert-OH is 1. The van der Waals surface area contributed by atoms with Crippen molar-refractivity contribution < 1.29 is 9.90 Å². The zero-order valence-electron chi connectivity index (χ0n) is 15.6. The SMILES string of the molecule is O=C(Cc1cccc2ccccc12)NCCC(O)c1cccc2ccccc12. The van der Waals surface area contributed by atoms with Gasteiger partial charge in [-0.2, -0.15) is 0 Å². The van der Waals surface area contributed by atoms with Crippen LogP contribution in [0.15, 0.2) is 84.9 Å². The molecule has 2 N–H and O–H groups in total. The first-order valence-electron chi connectivity index (χ1n) is 9.61. The zero-order chi connectivity index (χ0) is 19.3. The van der Waals surface area contributed by atoms with Gasteiger partial charge in [0.05, 0.1) is 12.5 Å². The fraction of sp³-hybridized carbons (Fsp3) is 0.160. The summed E-state index contributed by atoms with van der Waals surface area (Å²) < 4.78 is 0. The third kappa shape index (κ3) is 3.90. The van der Waals surface area contributed by atoms with Gasteiger partial charge in [0.25, 0.3) is 0 Å². The lowest BCUT2D eigenvalue weighted by molar-refractivity contribution is -0.120. The van der Waals surface area contributed by atoms with Crippen LogP contribution in [-0.2, 0) is 11.2 Å². The molecule has 4 aromatic carbocycles. The van der Waals surface area contributed by atoms with Gasteiger partial charge in [0.2, 0.25) is 5.91 Å². The molecule has 1 unspecified atom stereocenters. The summed E-state index contributed by atoms with van der Waals surface area (Å²) in [4.78, 5) is 12.4. The van der Waals surface area contributed by atoms with E-state index in [2.05, 4.69) is 17.4 Å². The second kappa shape index (κ2) is 8.24. The lowest BCUT2D eigenvalue weighted by Gasteiger charge is -2.14. The molecule has 0 bridgehead atoms. The van der Waals surface area contributed by atoms with E-state index in [0.717, 1.165) is 32.7 Å². The van der Waals surface area contributed by atoms with Crippen LogP contribution in [0, 0.1) is 0 Å². The topological polar surface area (TPSA) is 49.3 Å². The van der Waals surface area contributed by atoms with E-state index in [4.69, 9.17) is 0 Å². The lowest BCUT2D eigenvalue weighted by Crippen LogP contribution is -2.27. The van der Waals surface area contributed by atoms with Crippen LogP contribution in [0.25, 0.3) is 21.5 Å². The van der Waals surface area contributed by atoms with Gasteiger partial charge in [0, 0.05) is 6.54 Å². The van der Waals surface area contributed by atoms with Crippen molar-refractivity contribution in [3.8, 4) is 0 Å². The van der Waals surface area contributed by atoms with E-state index in [1.54, 1.807) is 0 Å². The maximum absolute atomic E-state index is 12.4. The summed E-state index contributed by atoms with van der Waals surface area (Å²) in [5, 5.41) is 18.0. The van der Waals surface area contributed by atoms with E-state index in [9.17, 15) is 9.90 Å². The monoisotopic (exact) mass is 369 g/mol. The largest absolute Gasteiger partial charge is 0.388 e. The number of carbonyl (C=O) groups is 1. The van der Waals surface area contributed by atoms with Gasteiger partial charge in [-0.25, -0.2) is 0 Å². The molecule has 0 aliphatic rings. The maximum Gasteiger partial charge on any atom is 0.224 e. The second-order valence-corrected chi connectivity index (χ2v) is 7.04. The first kappa shape index (κ1) is 18.2. The number of carbonyl (C=O) groups excluding carboxylic acids is 1. The van der Waals surface area contributed by atoms with Gasteiger partial charge < -0.3 is 10.4 Å². The highest BCUT2D eigenvalue weighted by Gasteiger charge is 2.12. The van der Waals surface area contributed by atoms with Crippen molar-refractivity contribution in [3.05, 3.63) is 96.1 Å². The molecule has 28 heavy (non-hydrogen) atoms. The van der Waals surface area contributed by atoms with Crippen molar-refractivity contribution >= 4 is 27.5 Å². The highest BCUT2D eigenvalue weighted by atomic mass is 16.3. The van der Waals surface area contributed by atoms with Gasteiger partial charge in [-0.1, -0.05) is 84.9 Å². The highest BCUT2D eigenvalue weighted by Crippen LogP contribution is 2.26. The Hall–Kier alpha value is -3.17. The van der Waals surface area contributed by atoms with E-state index in [-0.39, 0.29) is 5.91 Å².